The Bertz CT molecular complexity index is 1220. The maximum atomic E-state index is 13.2. The molecule has 6 heteroatoms. The lowest BCUT2D eigenvalue weighted by molar-refractivity contribution is 0.627. The van der Waals surface area contributed by atoms with Crippen LogP contribution < -0.4 is 5.56 Å². The Morgan fingerprint density at radius 3 is 2.56 bits per heavy atom. The van der Waals surface area contributed by atoms with Gasteiger partial charge in [-0.2, -0.15) is 5.10 Å². The second-order valence-corrected chi connectivity index (χ2v) is 6.27. The van der Waals surface area contributed by atoms with Gasteiger partial charge in [0.25, 0.3) is 5.56 Å². The van der Waals surface area contributed by atoms with Crippen LogP contribution in [0.4, 0.5) is 4.39 Å². The molecule has 0 saturated heterocycles. The minimum Gasteiger partial charge on any atom is -0.306 e. The molecule has 0 unspecified atom stereocenters. The third-order valence-corrected chi connectivity index (χ3v) is 4.46. The zero-order chi connectivity index (χ0) is 19.0. The van der Waals surface area contributed by atoms with E-state index in [1.807, 2.05) is 38.1 Å². The number of benzene rings is 2. The van der Waals surface area contributed by atoms with Gasteiger partial charge in [0.1, 0.15) is 11.6 Å². The predicted octanol–water partition coefficient (Wildman–Crippen LogP) is 4.04. The van der Waals surface area contributed by atoms with E-state index in [2.05, 4.69) is 15.1 Å². The summed E-state index contributed by atoms with van der Waals surface area (Å²) in [6, 6.07) is 13.4. The molecule has 0 bridgehead atoms. The molecule has 0 aliphatic heterocycles. The highest BCUT2D eigenvalue weighted by atomic mass is 19.1. The maximum Gasteiger partial charge on any atom is 0.259 e. The molecule has 134 valence electrons. The molecule has 0 saturated carbocycles. The van der Waals surface area contributed by atoms with Crippen LogP contribution in [0.5, 0.6) is 0 Å². The molecule has 2 heterocycles. The van der Waals surface area contributed by atoms with Crippen molar-refractivity contribution in [3.05, 3.63) is 87.5 Å². The van der Waals surface area contributed by atoms with E-state index in [4.69, 9.17) is 0 Å². The van der Waals surface area contributed by atoms with Crippen LogP contribution in [0.1, 0.15) is 22.8 Å². The van der Waals surface area contributed by atoms with Crippen molar-refractivity contribution >= 4 is 23.1 Å². The molecule has 0 atom stereocenters. The highest BCUT2D eigenvalue weighted by molar-refractivity contribution is 5.79. The van der Waals surface area contributed by atoms with Crippen molar-refractivity contribution < 1.29 is 4.39 Å². The van der Waals surface area contributed by atoms with Crippen LogP contribution in [0, 0.1) is 19.7 Å². The van der Waals surface area contributed by atoms with Gasteiger partial charge in [-0.05, 0) is 62.4 Å². The van der Waals surface area contributed by atoms with Crippen LogP contribution in [0.2, 0.25) is 0 Å². The van der Waals surface area contributed by atoms with E-state index in [-0.39, 0.29) is 11.4 Å². The van der Waals surface area contributed by atoms with Crippen LogP contribution in [0.15, 0.2) is 53.3 Å². The van der Waals surface area contributed by atoms with Gasteiger partial charge >= 0.3 is 0 Å². The largest absolute Gasteiger partial charge is 0.306 e. The Morgan fingerprint density at radius 2 is 1.78 bits per heavy atom. The van der Waals surface area contributed by atoms with E-state index >= 15 is 0 Å². The number of aryl methyl sites for hydroxylation is 1. The van der Waals surface area contributed by atoms with Crippen molar-refractivity contribution in [1.29, 1.82) is 0 Å². The summed E-state index contributed by atoms with van der Waals surface area (Å²) in [5.41, 5.74) is 3.94. The molecule has 0 amide bonds. The summed E-state index contributed by atoms with van der Waals surface area (Å²) >= 11 is 0. The molecule has 2 aromatic heterocycles. The molecule has 4 aromatic rings. The summed E-state index contributed by atoms with van der Waals surface area (Å²) in [6.45, 7) is 3.85. The van der Waals surface area contributed by atoms with Gasteiger partial charge in [-0.25, -0.2) is 14.1 Å². The molecule has 1 N–H and O–H groups in total. The molecular formula is C21H17FN4O. The summed E-state index contributed by atoms with van der Waals surface area (Å²) in [6.07, 6.45) is 3.64. The molecule has 0 aliphatic rings. The zero-order valence-corrected chi connectivity index (χ0v) is 14.9. The average molecular weight is 360 g/mol. The molecule has 0 aliphatic carbocycles. The molecule has 2 aromatic carbocycles. The number of hydrogen-bond donors (Lipinski definition) is 1. The van der Waals surface area contributed by atoms with Gasteiger partial charge in [0, 0.05) is 11.3 Å². The lowest BCUT2D eigenvalue weighted by Crippen LogP contribution is -2.09. The minimum atomic E-state index is -0.285. The Labute approximate surface area is 154 Å². The van der Waals surface area contributed by atoms with Crippen molar-refractivity contribution in [1.82, 2.24) is 19.7 Å². The molecule has 0 fully saturated rings. The van der Waals surface area contributed by atoms with E-state index in [9.17, 15) is 9.18 Å². The van der Waals surface area contributed by atoms with Gasteiger partial charge in [0.15, 0.2) is 0 Å². The summed E-state index contributed by atoms with van der Waals surface area (Å²) < 4.78 is 14.9. The Balaban J connectivity index is 1.73. The second kappa shape index (κ2) is 6.64. The third kappa shape index (κ3) is 3.17. The fraction of sp³-hybridized carbons (Fsp3) is 0.0952. The lowest BCUT2D eigenvalue weighted by atomic mass is 10.1. The smallest absolute Gasteiger partial charge is 0.259 e. The van der Waals surface area contributed by atoms with Crippen LogP contribution in [0.25, 0.3) is 28.7 Å². The van der Waals surface area contributed by atoms with Crippen LogP contribution in [-0.4, -0.2) is 19.7 Å². The number of halogens is 1. The maximum absolute atomic E-state index is 13.2. The second-order valence-electron chi connectivity index (χ2n) is 6.27. The van der Waals surface area contributed by atoms with Crippen molar-refractivity contribution in [3.8, 4) is 5.69 Å². The standard InChI is InChI=1S/C21H17FN4O/c1-13-17(14(2)26(25-13)16-9-7-15(22)8-10-16)11-12-20-23-19-6-4-3-5-18(19)21(27)24-20/h3-12H,1-2H3,(H,23,24,27)/b12-11+. The fourth-order valence-electron chi connectivity index (χ4n) is 3.08. The monoisotopic (exact) mass is 360 g/mol. The van der Waals surface area contributed by atoms with Crippen molar-refractivity contribution in [2.75, 3.05) is 0 Å². The zero-order valence-electron chi connectivity index (χ0n) is 14.9. The van der Waals surface area contributed by atoms with Gasteiger partial charge in [-0.1, -0.05) is 12.1 Å². The number of nitrogens with zero attached hydrogens (tertiary/aromatic N) is 3. The van der Waals surface area contributed by atoms with E-state index in [0.29, 0.717) is 16.7 Å². The normalized spacial score (nSPS) is 11.5. The van der Waals surface area contributed by atoms with Crippen molar-refractivity contribution in [3.63, 3.8) is 0 Å². The summed E-state index contributed by atoms with van der Waals surface area (Å²) in [5, 5.41) is 5.10. The summed E-state index contributed by atoms with van der Waals surface area (Å²) in [7, 11) is 0. The predicted molar refractivity (Wildman–Crippen MR) is 104 cm³/mol. The number of aromatic amines is 1. The van der Waals surface area contributed by atoms with Gasteiger partial charge in [0.05, 0.1) is 22.3 Å². The first-order valence-electron chi connectivity index (χ1n) is 8.52. The SMILES string of the molecule is Cc1nn(-c2ccc(F)cc2)c(C)c1/C=C/c1nc2ccccc2c(=O)[nH]1. The average Bonchev–Trinajstić information content (AvgIpc) is 2.95. The number of para-hydroxylation sites is 1. The van der Waals surface area contributed by atoms with Gasteiger partial charge < -0.3 is 4.98 Å². The van der Waals surface area contributed by atoms with E-state index in [1.165, 1.54) is 12.1 Å². The highest BCUT2D eigenvalue weighted by Crippen LogP contribution is 2.20. The van der Waals surface area contributed by atoms with E-state index < -0.39 is 0 Å². The van der Waals surface area contributed by atoms with Gasteiger partial charge in [0.2, 0.25) is 0 Å². The van der Waals surface area contributed by atoms with Gasteiger partial charge in [-0.15, -0.1) is 0 Å². The number of rotatable bonds is 3. The number of hydrogen-bond acceptors (Lipinski definition) is 3. The number of nitrogens with one attached hydrogen (secondary N) is 1. The van der Waals surface area contributed by atoms with Crippen molar-refractivity contribution in [2.24, 2.45) is 0 Å². The quantitative estimate of drug-likeness (QED) is 0.600. The lowest BCUT2D eigenvalue weighted by Gasteiger charge is -2.04. The number of H-pyrrole nitrogens is 1. The first kappa shape index (κ1) is 16.9. The number of aromatic nitrogens is 4. The molecule has 0 spiro atoms. The molecular weight excluding hydrogens is 343 g/mol. The Morgan fingerprint density at radius 1 is 1.04 bits per heavy atom. The Kier molecular flexibility index (Phi) is 4.16. The van der Waals surface area contributed by atoms with Crippen LogP contribution in [-0.2, 0) is 0 Å². The first-order chi connectivity index (χ1) is 13.0. The molecule has 0 radical (unpaired) electrons. The topological polar surface area (TPSA) is 63.6 Å². The fourth-order valence-corrected chi connectivity index (χ4v) is 3.08. The molecule has 27 heavy (non-hydrogen) atoms. The molecule has 5 nitrogen and oxygen atoms in total. The summed E-state index contributed by atoms with van der Waals surface area (Å²) in [5.74, 6) is 0.193. The Hall–Kier alpha value is -3.54. The third-order valence-electron chi connectivity index (χ3n) is 4.46. The van der Waals surface area contributed by atoms with E-state index in [0.717, 1.165) is 22.6 Å². The first-order valence-corrected chi connectivity index (χ1v) is 8.52. The highest BCUT2D eigenvalue weighted by Gasteiger charge is 2.11. The van der Waals surface area contributed by atoms with Gasteiger partial charge in [-0.3, -0.25) is 4.79 Å². The number of fused-ring (bicyclic) bond motifs is 1. The van der Waals surface area contributed by atoms with Crippen LogP contribution in [0.3, 0.4) is 0 Å². The van der Waals surface area contributed by atoms with E-state index in [1.54, 1.807) is 29.0 Å². The summed E-state index contributed by atoms with van der Waals surface area (Å²) in [4.78, 5) is 19.4. The van der Waals surface area contributed by atoms with Crippen molar-refractivity contribution in [2.45, 2.75) is 13.8 Å². The minimum absolute atomic E-state index is 0.171. The molecule has 4 rings (SSSR count). The van der Waals surface area contributed by atoms with Crippen LogP contribution >= 0.6 is 0 Å².